The number of hydrogen-bond acceptors (Lipinski definition) is 2. The summed E-state index contributed by atoms with van der Waals surface area (Å²) in [6, 6.07) is 64.1. The van der Waals surface area contributed by atoms with Crippen LogP contribution in [0.1, 0.15) is 128 Å². The summed E-state index contributed by atoms with van der Waals surface area (Å²) < 4.78 is 0. The Morgan fingerprint density at radius 1 is 0.324 bits per heavy atom. The zero-order valence-corrected chi connectivity index (χ0v) is 42.1. The fourth-order valence-corrected chi connectivity index (χ4v) is 12.3. The van der Waals surface area contributed by atoms with Gasteiger partial charge >= 0.3 is 0 Å². The van der Waals surface area contributed by atoms with Crippen molar-refractivity contribution in [2.45, 2.75) is 110 Å². The SMILES string of the molecule is CC(C)(C)c1ccc(N2c3ccc(C(C)(C)C)cc3B3c4cc(C(C)(C)C)ccc4N(c4ccc5c(c4)-c4ccccc4C54c5ccccc5-c5ccccc54)c4cc(C(C)(C)C)cc2c43)cc1. The number of benzene rings is 8. The average molecular weight is 883 g/mol. The van der Waals surface area contributed by atoms with Crippen LogP contribution in [0, 0.1) is 0 Å². The maximum atomic E-state index is 2.64. The van der Waals surface area contributed by atoms with Gasteiger partial charge in [0.05, 0.1) is 5.41 Å². The highest BCUT2D eigenvalue weighted by atomic mass is 15.2. The maximum absolute atomic E-state index is 2.64. The Morgan fingerprint density at radius 3 is 1.16 bits per heavy atom. The lowest BCUT2D eigenvalue weighted by atomic mass is 9.33. The topological polar surface area (TPSA) is 6.48 Å². The van der Waals surface area contributed by atoms with Crippen LogP contribution in [0.4, 0.5) is 34.1 Å². The molecule has 0 aromatic heterocycles. The number of rotatable bonds is 2. The van der Waals surface area contributed by atoms with Gasteiger partial charge in [0, 0.05) is 34.1 Å². The van der Waals surface area contributed by atoms with Gasteiger partial charge in [-0.3, -0.25) is 0 Å². The average Bonchev–Trinajstić information content (AvgIpc) is 3.77. The highest BCUT2D eigenvalue weighted by Gasteiger charge is 2.52. The summed E-state index contributed by atoms with van der Waals surface area (Å²) in [5, 5.41) is 0. The highest BCUT2D eigenvalue weighted by molar-refractivity contribution is 7.00. The molecule has 0 unspecified atom stereocenters. The molecule has 0 saturated carbocycles. The summed E-state index contributed by atoms with van der Waals surface area (Å²) in [6.07, 6.45) is 0. The van der Waals surface area contributed by atoms with E-state index in [-0.39, 0.29) is 28.4 Å². The quantitative estimate of drug-likeness (QED) is 0.160. The van der Waals surface area contributed by atoms with Gasteiger partial charge in [-0.1, -0.05) is 198 Å². The van der Waals surface area contributed by atoms with E-state index in [9.17, 15) is 0 Å². The minimum absolute atomic E-state index is 0.0230. The molecule has 2 aliphatic heterocycles. The van der Waals surface area contributed by atoms with Gasteiger partial charge in [0.25, 0.3) is 6.71 Å². The molecule has 3 heteroatoms. The molecule has 0 atom stereocenters. The van der Waals surface area contributed by atoms with Crippen LogP contribution in [0.2, 0.25) is 0 Å². The van der Waals surface area contributed by atoms with E-state index in [1.54, 1.807) is 0 Å². The fourth-order valence-electron chi connectivity index (χ4n) is 12.3. The van der Waals surface area contributed by atoms with Crippen molar-refractivity contribution < 1.29 is 0 Å². The maximum Gasteiger partial charge on any atom is 0.252 e. The van der Waals surface area contributed by atoms with Gasteiger partial charge in [0.2, 0.25) is 0 Å². The summed E-state index contributed by atoms with van der Waals surface area (Å²) in [5.41, 5.74) is 27.1. The monoisotopic (exact) mass is 883 g/mol. The van der Waals surface area contributed by atoms with Crippen LogP contribution in [0.25, 0.3) is 22.3 Å². The number of anilines is 6. The molecule has 2 nitrogen and oxygen atoms in total. The zero-order valence-electron chi connectivity index (χ0n) is 42.1. The molecular weight excluding hydrogens is 820 g/mol. The standard InChI is InChI=1S/C65H63BN2/c1-61(2,3)40-25-29-44(30-26-40)67-56-33-27-41(62(4,5)6)35-54(56)66-55-36-42(63(7,8)9)28-34-57(55)68(59-38-43(64(10,11)12)37-58(67)60(59)66)45-31-32-53-49(39-45)48-21-15-18-24-52(48)65(53)50-22-16-13-19-46(50)47-20-14-17-23-51(47)65/h13-39H,1-12H3. The van der Waals surface area contributed by atoms with Crippen LogP contribution in [-0.2, 0) is 27.1 Å². The molecule has 1 spiro atoms. The fraction of sp³-hybridized carbons (Fsp3) is 0.262. The van der Waals surface area contributed by atoms with Gasteiger partial charge < -0.3 is 9.80 Å². The van der Waals surface area contributed by atoms with Gasteiger partial charge in [-0.15, -0.1) is 0 Å². The van der Waals surface area contributed by atoms with Crippen molar-refractivity contribution in [3.8, 4) is 22.3 Å². The molecule has 68 heavy (non-hydrogen) atoms. The smallest absolute Gasteiger partial charge is 0.252 e. The second-order valence-corrected chi connectivity index (χ2v) is 24.2. The summed E-state index contributed by atoms with van der Waals surface area (Å²) in [6.45, 7) is 28.2. The molecule has 0 N–H and O–H groups in total. The molecule has 0 saturated heterocycles. The number of hydrogen-bond donors (Lipinski definition) is 0. The second kappa shape index (κ2) is 14.2. The van der Waals surface area contributed by atoms with Crippen molar-refractivity contribution in [2.24, 2.45) is 0 Å². The molecule has 2 heterocycles. The van der Waals surface area contributed by atoms with Crippen molar-refractivity contribution in [1.29, 1.82) is 0 Å². The first-order chi connectivity index (χ1) is 32.3. The molecule has 4 aliphatic rings. The summed E-state index contributed by atoms with van der Waals surface area (Å²) >= 11 is 0. The lowest BCUT2D eigenvalue weighted by molar-refractivity contribution is 0.589. The normalized spacial score (nSPS) is 15.1. The molecule has 0 bridgehead atoms. The molecular formula is C65H63BN2. The van der Waals surface area contributed by atoms with Gasteiger partial charge in [-0.05, 0) is 153 Å². The number of fused-ring (bicyclic) bond motifs is 14. The van der Waals surface area contributed by atoms with Gasteiger partial charge in [-0.2, -0.15) is 0 Å². The Morgan fingerprint density at radius 2 is 0.706 bits per heavy atom. The number of nitrogens with zero attached hydrogens (tertiary/aromatic N) is 2. The summed E-state index contributed by atoms with van der Waals surface area (Å²) in [5.74, 6) is 0. The van der Waals surface area contributed by atoms with Crippen LogP contribution >= 0.6 is 0 Å². The van der Waals surface area contributed by atoms with E-state index in [2.05, 4.69) is 257 Å². The lowest BCUT2D eigenvalue weighted by Crippen LogP contribution is -2.61. The molecule has 0 radical (unpaired) electrons. The Labute approximate surface area is 405 Å². The van der Waals surface area contributed by atoms with Crippen LogP contribution in [0.3, 0.4) is 0 Å². The molecule has 0 fully saturated rings. The van der Waals surface area contributed by atoms with Gasteiger partial charge in [0.1, 0.15) is 0 Å². The second-order valence-electron chi connectivity index (χ2n) is 24.2. The van der Waals surface area contributed by atoms with E-state index in [0.717, 1.165) is 0 Å². The minimum atomic E-state index is -0.396. The summed E-state index contributed by atoms with van der Waals surface area (Å²) in [4.78, 5) is 5.23. The van der Waals surface area contributed by atoms with Gasteiger partial charge in [-0.25, -0.2) is 0 Å². The van der Waals surface area contributed by atoms with Crippen LogP contribution < -0.4 is 26.2 Å². The summed E-state index contributed by atoms with van der Waals surface area (Å²) in [7, 11) is 0. The van der Waals surface area contributed by atoms with Crippen LogP contribution in [0.5, 0.6) is 0 Å². The Balaban J connectivity index is 1.17. The van der Waals surface area contributed by atoms with Crippen molar-refractivity contribution in [1.82, 2.24) is 0 Å². The third-order valence-electron chi connectivity index (χ3n) is 15.9. The van der Waals surface area contributed by atoms with E-state index in [4.69, 9.17) is 0 Å². The predicted octanol–water partition coefficient (Wildman–Crippen LogP) is 15.3. The largest absolute Gasteiger partial charge is 0.311 e. The molecule has 8 aromatic rings. The highest BCUT2D eigenvalue weighted by Crippen LogP contribution is 2.63. The minimum Gasteiger partial charge on any atom is -0.311 e. The predicted molar refractivity (Wildman–Crippen MR) is 292 cm³/mol. The van der Waals surface area contributed by atoms with Crippen molar-refractivity contribution in [3.05, 3.63) is 208 Å². The van der Waals surface area contributed by atoms with Crippen LogP contribution in [0.15, 0.2) is 164 Å². The molecule has 12 rings (SSSR count). The van der Waals surface area contributed by atoms with Crippen molar-refractivity contribution >= 4 is 57.2 Å². The zero-order chi connectivity index (χ0) is 47.4. The first-order valence-electron chi connectivity index (χ1n) is 24.9. The van der Waals surface area contributed by atoms with E-state index in [1.165, 1.54) is 117 Å². The van der Waals surface area contributed by atoms with E-state index < -0.39 is 5.41 Å². The van der Waals surface area contributed by atoms with E-state index in [0.29, 0.717) is 0 Å². The molecule has 0 amide bonds. The first-order valence-corrected chi connectivity index (χ1v) is 24.9. The lowest BCUT2D eigenvalue weighted by Gasteiger charge is -2.46. The van der Waals surface area contributed by atoms with Crippen LogP contribution in [-0.4, -0.2) is 6.71 Å². The van der Waals surface area contributed by atoms with E-state index >= 15 is 0 Å². The van der Waals surface area contributed by atoms with Crippen molar-refractivity contribution in [2.75, 3.05) is 9.80 Å². The molecule has 336 valence electrons. The third kappa shape index (κ3) is 6.03. The Bertz CT molecular complexity index is 3350. The molecule has 8 aromatic carbocycles. The molecule has 2 aliphatic carbocycles. The Kier molecular flexibility index (Phi) is 8.95. The van der Waals surface area contributed by atoms with E-state index in [1.807, 2.05) is 0 Å². The first kappa shape index (κ1) is 42.8. The van der Waals surface area contributed by atoms with Gasteiger partial charge in [0.15, 0.2) is 0 Å². The van der Waals surface area contributed by atoms with Crippen molar-refractivity contribution in [3.63, 3.8) is 0 Å². The third-order valence-corrected chi connectivity index (χ3v) is 15.9. The Hall–Kier alpha value is -6.58.